The Balaban J connectivity index is 1.56. The number of imidazole rings is 1. The maximum atomic E-state index is 13.7. The standard InChI is InChI=1S/C27H37N5O3S2/c1-20-13-16-32(17-14-20)26(33)23(10-7-19-36-27-28-15-18-31(27)4)29-37(34,35)25-12-6-8-21-22(25)9-5-11-24(21)30(2)3/h5-6,8-9,11-12,15,18,20,23,29H,7,10,13-14,16-17,19H2,1-4H3. The monoisotopic (exact) mass is 543 g/mol. The van der Waals surface area contributed by atoms with E-state index in [9.17, 15) is 13.2 Å². The van der Waals surface area contributed by atoms with Gasteiger partial charge in [0.05, 0.1) is 4.90 Å². The molecule has 1 amide bonds. The molecule has 1 fully saturated rings. The quantitative estimate of drug-likeness (QED) is 0.306. The van der Waals surface area contributed by atoms with Crippen LogP contribution in [0.2, 0.25) is 0 Å². The number of aryl methyl sites for hydroxylation is 1. The minimum absolute atomic E-state index is 0.133. The summed E-state index contributed by atoms with van der Waals surface area (Å²) in [6, 6.07) is 10.1. The van der Waals surface area contributed by atoms with Crippen LogP contribution < -0.4 is 9.62 Å². The second-order valence-corrected chi connectivity index (χ2v) is 12.8. The van der Waals surface area contributed by atoms with E-state index in [2.05, 4.69) is 16.6 Å². The summed E-state index contributed by atoms with van der Waals surface area (Å²) in [5.41, 5.74) is 0.941. The number of anilines is 1. The van der Waals surface area contributed by atoms with Crippen LogP contribution in [0.25, 0.3) is 10.8 Å². The molecule has 0 aliphatic carbocycles. The van der Waals surface area contributed by atoms with Crippen molar-refractivity contribution >= 4 is 44.2 Å². The summed E-state index contributed by atoms with van der Waals surface area (Å²) in [7, 11) is 1.87. The zero-order chi connectivity index (χ0) is 26.6. The number of likely N-dealkylation sites (tertiary alicyclic amines) is 1. The number of piperidine rings is 1. The normalized spacial score (nSPS) is 15.7. The molecule has 1 saturated heterocycles. The molecular weight excluding hydrogens is 506 g/mol. The van der Waals surface area contributed by atoms with Crippen molar-refractivity contribution in [2.24, 2.45) is 13.0 Å². The highest BCUT2D eigenvalue weighted by Gasteiger charge is 2.31. The molecule has 1 unspecified atom stereocenters. The van der Waals surface area contributed by atoms with Crippen LogP contribution in [0, 0.1) is 5.92 Å². The van der Waals surface area contributed by atoms with Crippen LogP contribution in [0.4, 0.5) is 5.69 Å². The molecule has 1 N–H and O–H groups in total. The molecule has 0 saturated carbocycles. The minimum atomic E-state index is -3.95. The molecule has 200 valence electrons. The Morgan fingerprint density at radius 3 is 2.54 bits per heavy atom. The predicted octanol–water partition coefficient (Wildman–Crippen LogP) is 4.12. The topological polar surface area (TPSA) is 87.5 Å². The van der Waals surface area contributed by atoms with Crippen molar-refractivity contribution in [2.75, 3.05) is 37.8 Å². The van der Waals surface area contributed by atoms with E-state index >= 15 is 0 Å². The van der Waals surface area contributed by atoms with Crippen molar-refractivity contribution in [3.63, 3.8) is 0 Å². The van der Waals surface area contributed by atoms with Gasteiger partial charge in [0.15, 0.2) is 5.16 Å². The van der Waals surface area contributed by atoms with Gasteiger partial charge in [-0.15, -0.1) is 0 Å². The van der Waals surface area contributed by atoms with E-state index in [-0.39, 0.29) is 10.8 Å². The number of amides is 1. The van der Waals surface area contributed by atoms with Crippen LogP contribution in [-0.2, 0) is 21.9 Å². The summed E-state index contributed by atoms with van der Waals surface area (Å²) >= 11 is 1.61. The highest BCUT2D eigenvalue weighted by molar-refractivity contribution is 7.99. The average Bonchev–Trinajstić information content (AvgIpc) is 3.29. The van der Waals surface area contributed by atoms with Gasteiger partial charge in [0, 0.05) is 68.8 Å². The van der Waals surface area contributed by atoms with E-state index in [4.69, 9.17) is 0 Å². The number of fused-ring (bicyclic) bond motifs is 1. The van der Waals surface area contributed by atoms with Gasteiger partial charge >= 0.3 is 0 Å². The number of rotatable bonds is 10. The molecular formula is C27H37N5O3S2. The van der Waals surface area contributed by atoms with Crippen molar-refractivity contribution in [1.29, 1.82) is 0 Å². The fourth-order valence-corrected chi connectivity index (χ4v) is 7.10. The first-order chi connectivity index (χ1) is 17.7. The van der Waals surface area contributed by atoms with E-state index in [0.717, 1.165) is 34.8 Å². The molecule has 10 heteroatoms. The molecule has 0 spiro atoms. The van der Waals surface area contributed by atoms with Gasteiger partial charge < -0.3 is 14.4 Å². The number of thioether (sulfide) groups is 1. The lowest BCUT2D eigenvalue weighted by Gasteiger charge is -2.33. The zero-order valence-electron chi connectivity index (χ0n) is 22.1. The molecule has 0 radical (unpaired) electrons. The van der Waals surface area contributed by atoms with Crippen LogP contribution in [0.1, 0.15) is 32.6 Å². The van der Waals surface area contributed by atoms with Crippen LogP contribution in [0.5, 0.6) is 0 Å². The number of nitrogens with zero attached hydrogens (tertiary/aromatic N) is 4. The van der Waals surface area contributed by atoms with E-state index in [0.29, 0.717) is 37.2 Å². The van der Waals surface area contributed by atoms with Crippen molar-refractivity contribution in [3.8, 4) is 0 Å². The number of aromatic nitrogens is 2. The van der Waals surface area contributed by atoms with Crippen LogP contribution >= 0.6 is 11.8 Å². The third kappa shape index (κ3) is 6.48. The first-order valence-electron chi connectivity index (χ1n) is 12.8. The molecule has 1 atom stereocenters. The average molecular weight is 544 g/mol. The van der Waals surface area contributed by atoms with Gasteiger partial charge in [-0.2, -0.15) is 4.72 Å². The Kier molecular flexibility index (Phi) is 8.82. The van der Waals surface area contributed by atoms with E-state index < -0.39 is 16.1 Å². The molecule has 0 bridgehead atoms. The lowest BCUT2D eigenvalue weighted by molar-refractivity contribution is -0.134. The molecule has 1 aromatic heterocycles. The number of hydrogen-bond acceptors (Lipinski definition) is 6. The fourth-order valence-electron chi connectivity index (χ4n) is 4.76. The Labute approximate surface area is 224 Å². The Bertz CT molecular complexity index is 1330. The molecule has 1 aliphatic rings. The number of carbonyl (C=O) groups excluding carboxylic acids is 1. The highest BCUT2D eigenvalue weighted by Crippen LogP contribution is 2.30. The van der Waals surface area contributed by atoms with Crippen LogP contribution in [-0.4, -0.2) is 67.8 Å². The van der Waals surface area contributed by atoms with Gasteiger partial charge in [0.25, 0.3) is 0 Å². The van der Waals surface area contributed by atoms with E-state index in [1.54, 1.807) is 30.1 Å². The summed E-state index contributed by atoms with van der Waals surface area (Å²) in [5, 5.41) is 2.40. The third-order valence-corrected chi connectivity index (χ3v) is 9.64. The molecule has 8 nitrogen and oxygen atoms in total. The first-order valence-corrected chi connectivity index (χ1v) is 15.2. The SMILES string of the molecule is CC1CCN(C(=O)C(CCCSc2nccn2C)NS(=O)(=O)c2cccc3c(N(C)C)cccc23)CC1. The van der Waals surface area contributed by atoms with Gasteiger partial charge in [-0.05, 0) is 43.7 Å². The summed E-state index contributed by atoms with van der Waals surface area (Å²) < 4.78 is 32.2. The molecule has 4 rings (SSSR count). The van der Waals surface area contributed by atoms with Crippen LogP contribution in [0.15, 0.2) is 58.8 Å². The van der Waals surface area contributed by atoms with Crippen LogP contribution in [0.3, 0.4) is 0 Å². The number of nitrogens with one attached hydrogen (secondary N) is 1. The van der Waals surface area contributed by atoms with Gasteiger partial charge in [-0.1, -0.05) is 43.0 Å². The zero-order valence-corrected chi connectivity index (χ0v) is 23.7. The molecule has 37 heavy (non-hydrogen) atoms. The van der Waals surface area contributed by atoms with Gasteiger partial charge in [-0.3, -0.25) is 4.79 Å². The lowest BCUT2D eigenvalue weighted by Crippen LogP contribution is -2.50. The summed E-state index contributed by atoms with van der Waals surface area (Å²) in [5.74, 6) is 1.19. The number of carbonyl (C=O) groups is 1. The lowest BCUT2D eigenvalue weighted by atomic mass is 9.98. The Morgan fingerprint density at radius 1 is 1.16 bits per heavy atom. The molecule has 1 aliphatic heterocycles. The Morgan fingerprint density at radius 2 is 1.86 bits per heavy atom. The van der Waals surface area contributed by atoms with E-state index in [1.807, 2.05) is 66.0 Å². The minimum Gasteiger partial charge on any atom is -0.377 e. The van der Waals surface area contributed by atoms with Crippen molar-refractivity contribution in [2.45, 2.75) is 48.7 Å². The van der Waals surface area contributed by atoms with Gasteiger partial charge in [-0.25, -0.2) is 13.4 Å². The first kappa shape index (κ1) is 27.5. The van der Waals surface area contributed by atoms with Crippen molar-refractivity contribution < 1.29 is 13.2 Å². The van der Waals surface area contributed by atoms with E-state index in [1.165, 1.54) is 0 Å². The summed E-state index contributed by atoms with van der Waals surface area (Å²) in [4.78, 5) is 21.9. The van der Waals surface area contributed by atoms with Gasteiger partial charge in [0.2, 0.25) is 15.9 Å². The third-order valence-electron chi connectivity index (χ3n) is 6.97. The van der Waals surface area contributed by atoms with Crippen molar-refractivity contribution in [1.82, 2.24) is 19.2 Å². The second kappa shape index (κ2) is 11.9. The molecule has 2 heterocycles. The number of hydrogen-bond donors (Lipinski definition) is 1. The summed E-state index contributed by atoms with van der Waals surface area (Å²) in [6.45, 7) is 3.53. The highest BCUT2D eigenvalue weighted by atomic mass is 32.2. The Hall–Kier alpha value is -2.56. The fraction of sp³-hybridized carbons (Fsp3) is 0.481. The maximum absolute atomic E-state index is 13.7. The molecule has 3 aromatic rings. The predicted molar refractivity (Wildman–Crippen MR) is 151 cm³/mol. The number of sulfonamides is 1. The number of benzene rings is 2. The maximum Gasteiger partial charge on any atom is 0.241 e. The second-order valence-electron chi connectivity index (χ2n) is 10.0. The largest absolute Gasteiger partial charge is 0.377 e. The van der Waals surface area contributed by atoms with Gasteiger partial charge in [0.1, 0.15) is 6.04 Å². The smallest absolute Gasteiger partial charge is 0.241 e. The summed E-state index contributed by atoms with van der Waals surface area (Å²) in [6.07, 6.45) is 6.64. The molecule has 2 aromatic carbocycles. The van der Waals surface area contributed by atoms with Crippen molar-refractivity contribution in [3.05, 3.63) is 48.8 Å².